The highest BCUT2D eigenvalue weighted by Gasteiger charge is 2.34. The standard InChI is InChI=1S/C30H35N5O3/c1-30(2,31)28(37)34-25-17-16-22-8-5-7-11-26(22)35(27(25)36)19-20-12-14-21(15-13-20)24-10-6-4-9-23(24)18-33-29(38)32-3/h4-15,25H,16-19,31H2,1-3H3,(H,34,37)(H2,32,33,38)/t25-/m1/s1. The maximum Gasteiger partial charge on any atom is 0.314 e. The average Bonchev–Trinajstić information content (AvgIpc) is 3.04. The number of urea groups is 1. The number of rotatable bonds is 7. The number of hydrogen-bond donors (Lipinski definition) is 4. The van der Waals surface area contributed by atoms with Crippen molar-refractivity contribution in [2.24, 2.45) is 5.73 Å². The Hall–Kier alpha value is -4.17. The number of nitrogens with two attached hydrogens (primary N) is 1. The van der Waals surface area contributed by atoms with Gasteiger partial charge < -0.3 is 26.6 Å². The third kappa shape index (κ3) is 6.20. The number of amides is 4. The maximum atomic E-state index is 13.7. The summed E-state index contributed by atoms with van der Waals surface area (Å²) in [5.41, 5.74) is 10.8. The molecule has 3 aromatic carbocycles. The first-order valence-corrected chi connectivity index (χ1v) is 12.8. The van der Waals surface area contributed by atoms with Crippen LogP contribution in [0.1, 0.15) is 37.0 Å². The van der Waals surface area contributed by atoms with Crippen molar-refractivity contribution >= 4 is 23.5 Å². The minimum absolute atomic E-state index is 0.151. The van der Waals surface area contributed by atoms with Gasteiger partial charge in [0.2, 0.25) is 11.8 Å². The van der Waals surface area contributed by atoms with E-state index in [1.165, 1.54) is 0 Å². The molecule has 8 nitrogen and oxygen atoms in total. The van der Waals surface area contributed by atoms with E-state index in [1.54, 1.807) is 25.8 Å². The van der Waals surface area contributed by atoms with E-state index >= 15 is 0 Å². The SMILES string of the molecule is CNC(=O)NCc1ccccc1-c1ccc(CN2C(=O)[C@H](NC(=O)C(C)(C)N)CCc3ccccc32)cc1. The second-order valence-electron chi connectivity index (χ2n) is 10.1. The van der Waals surface area contributed by atoms with Gasteiger partial charge in [-0.25, -0.2) is 4.79 Å². The van der Waals surface area contributed by atoms with Crippen LogP contribution in [-0.4, -0.2) is 36.5 Å². The number of nitrogens with zero attached hydrogens (tertiary/aromatic N) is 1. The maximum absolute atomic E-state index is 13.7. The molecule has 0 bridgehead atoms. The monoisotopic (exact) mass is 513 g/mol. The molecule has 38 heavy (non-hydrogen) atoms. The number of carbonyl (C=O) groups is 3. The number of carbonyl (C=O) groups excluding carboxylic acids is 3. The number of nitrogens with one attached hydrogen (secondary N) is 3. The van der Waals surface area contributed by atoms with Crippen molar-refractivity contribution < 1.29 is 14.4 Å². The van der Waals surface area contributed by atoms with Gasteiger partial charge in [-0.3, -0.25) is 9.59 Å². The van der Waals surface area contributed by atoms with Crippen LogP contribution in [0.2, 0.25) is 0 Å². The van der Waals surface area contributed by atoms with E-state index < -0.39 is 11.6 Å². The first-order chi connectivity index (χ1) is 18.2. The van der Waals surface area contributed by atoms with E-state index in [0.29, 0.717) is 25.9 Å². The fourth-order valence-electron chi connectivity index (χ4n) is 4.55. The summed E-state index contributed by atoms with van der Waals surface area (Å²) in [5.74, 6) is -0.502. The van der Waals surface area contributed by atoms with Crippen LogP contribution in [0.15, 0.2) is 72.8 Å². The van der Waals surface area contributed by atoms with E-state index in [0.717, 1.165) is 33.5 Å². The van der Waals surface area contributed by atoms with Gasteiger partial charge in [-0.15, -0.1) is 0 Å². The molecule has 0 fully saturated rings. The van der Waals surface area contributed by atoms with E-state index in [9.17, 15) is 14.4 Å². The lowest BCUT2D eigenvalue weighted by atomic mass is 9.98. The van der Waals surface area contributed by atoms with Crippen LogP contribution in [0.25, 0.3) is 11.1 Å². The highest BCUT2D eigenvalue weighted by atomic mass is 16.2. The zero-order valence-electron chi connectivity index (χ0n) is 22.1. The van der Waals surface area contributed by atoms with Gasteiger partial charge in [0.1, 0.15) is 6.04 Å². The van der Waals surface area contributed by atoms with Gasteiger partial charge in [0.05, 0.1) is 12.1 Å². The van der Waals surface area contributed by atoms with E-state index in [2.05, 4.69) is 16.0 Å². The van der Waals surface area contributed by atoms with Crippen LogP contribution in [0.3, 0.4) is 0 Å². The Morgan fingerprint density at radius 2 is 1.68 bits per heavy atom. The first kappa shape index (κ1) is 26.9. The minimum Gasteiger partial charge on any atom is -0.343 e. The topological polar surface area (TPSA) is 117 Å². The number of fused-ring (bicyclic) bond motifs is 1. The molecule has 4 amide bonds. The van der Waals surface area contributed by atoms with E-state index in [-0.39, 0.29) is 17.8 Å². The van der Waals surface area contributed by atoms with Crippen LogP contribution in [0.5, 0.6) is 0 Å². The molecule has 1 heterocycles. The number of aryl methyl sites for hydroxylation is 1. The van der Waals surface area contributed by atoms with Crippen molar-refractivity contribution in [2.75, 3.05) is 11.9 Å². The van der Waals surface area contributed by atoms with Gasteiger partial charge in [0.15, 0.2) is 0 Å². The van der Waals surface area contributed by atoms with Crippen molar-refractivity contribution in [3.8, 4) is 11.1 Å². The van der Waals surface area contributed by atoms with Crippen LogP contribution in [0, 0.1) is 0 Å². The summed E-state index contributed by atoms with van der Waals surface area (Å²) in [6.07, 6.45) is 1.18. The van der Waals surface area contributed by atoms with Crippen LogP contribution in [0.4, 0.5) is 10.5 Å². The molecule has 3 aromatic rings. The number of para-hydroxylation sites is 1. The molecule has 0 saturated carbocycles. The Bertz CT molecular complexity index is 1310. The molecule has 0 saturated heterocycles. The van der Waals surface area contributed by atoms with Crippen LogP contribution in [-0.2, 0) is 29.1 Å². The number of hydrogen-bond acceptors (Lipinski definition) is 4. The summed E-state index contributed by atoms with van der Waals surface area (Å²) in [5, 5.41) is 8.27. The summed E-state index contributed by atoms with van der Waals surface area (Å²) in [6.45, 7) is 4.03. The average molecular weight is 514 g/mol. The van der Waals surface area contributed by atoms with E-state index in [4.69, 9.17) is 5.73 Å². The van der Waals surface area contributed by atoms with Gasteiger partial charge in [0.25, 0.3) is 0 Å². The normalized spacial score (nSPS) is 15.3. The highest BCUT2D eigenvalue weighted by molar-refractivity contribution is 6.01. The second kappa shape index (κ2) is 11.5. The van der Waals surface area contributed by atoms with Gasteiger partial charge in [-0.2, -0.15) is 0 Å². The summed E-state index contributed by atoms with van der Waals surface area (Å²) in [7, 11) is 1.59. The molecule has 0 unspecified atom stereocenters. The Morgan fingerprint density at radius 1 is 1.00 bits per heavy atom. The highest BCUT2D eigenvalue weighted by Crippen LogP contribution is 2.30. The first-order valence-electron chi connectivity index (χ1n) is 12.8. The van der Waals surface area contributed by atoms with Crippen LogP contribution < -0.4 is 26.6 Å². The molecule has 1 atom stereocenters. The third-order valence-electron chi connectivity index (χ3n) is 6.73. The van der Waals surface area contributed by atoms with Crippen molar-refractivity contribution in [1.29, 1.82) is 0 Å². The predicted octanol–water partition coefficient (Wildman–Crippen LogP) is 3.48. The summed E-state index contributed by atoms with van der Waals surface area (Å²) in [6, 6.07) is 23.0. The summed E-state index contributed by atoms with van der Waals surface area (Å²) >= 11 is 0. The third-order valence-corrected chi connectivity index (χ3v) is 6.73. The predicted molar refractivity (Wildman–Crippen MR) is 149 cm³/mol. The Morgan fingerprint density at radius 3 is 2.39 bits per heavy atom. The van der Waals surface area contributed by atoms with Crippen molar-refractivity contribution in [1.82, 2.24) is 16.0 Å². The minimum atomic E-state index is -1.08. The van der Waals surface area contributed by atoms with Crippen molar-refractivity contribution in [3.05, 3.63) is 89.5 Å². The lowest BCUT2D eigenvalue weighted by Gasteiger charge is -2.28. The Balaban J connectivity index is 1.57. The Labute approximate surface area is 223 Å². The van der Waals surface area contributed by atoms with E-state index in [1.807, 2.05) is 72.8 Å². The molecular formula is C30H35N5O3. The molecule has 5 N–H and O–H groups in total. The zero-order chi connectivity index (χ0) is 27.3. The molecule has 8 heteroatoms. The molecule has 1 aliphatic heterocycles. The molecule has 198 valence electrons. The lowest BCUT2D eigenvalue weighted by molar-refractivity contribution is -0.130. The second-order valence-corrected chi connectivity index (χ2v) is 10.1. The molecule has 0 spiro atoms. The van der Waals surface area contributed by atoms with Gasteiger partial charge in [-0.05, 0) is 60.6 Å². The van der Waals surface area contributed by atoms with Crippen molar-refractivity contribution in [2.45, 2.75) is 51.4 Å². The fraction of sp³-hybridized carbons (Fsp3) is 0.300. The quantitative estimate of drug-likeness (QED) is 0.387. The summed E-state index contributed by atoms with van der Waals surface area (Å²) < 4.78 is 0. The zero-order valence-corrected chi connectivity index (χ0v) is 22.1. The number of benzene rings is 3. The number of anilines is 1. The molecule has 4 rings (SSSR count). The molecular weight excluding hydrogens is 478 g/mol. The van der Waals surface area contributed by atoms with Gasteiger partial charge in [-0.1, -0.05) is 66.7 Å². The van der Waals surface area contributed by atoms with Gasteiger partial charge in [0, 0.05) is 19.3 Å². The fourth-order valence-corrected chi connectivity index (χ4v) is 4.55. The molecule has 0 radical (unpaired) electrons. The summed E-state index contributed by atoms with van der Waals surface area (Å²) in [4.78, 5) is 39.7. The van der Waals surface area contributed by atoms with Gasteiger partial charge >= 0.3 is 6.03 Å². The molecule has 0 aromatic heterocycles. The lowest BCUT2D eigenvalue weighted by Crippen LogP contribution is -2.56. The largest absolute Gasteiger partial charge is 0.343 e. The Kier molecular flexibility index (Phi) is 8.12. The van der Waals surface area contributed by atoms with Crippen molar-refractivity contribution in [3.63, 3.8) is 0 Å². The van der Waals surface area contributed by atoms with Crippen LogP contribution >= 0.6 is 0 Å². The molecule has 0 aliphatic carbocycles. The molecule has 1 aliphatic rings. The smallest absolute Gasteiger partial charge is 0.314 e.